The molecule has 1 unspecified atom stereocenters. The van der Waals surface area contributed by atoms with E-state index in [4.69, 9.17) is 4.74 Å². The molecule has 0 saturated carbocycles. The van der Waals surface area contributed by atoms with Crippen LogP contribution in [0.25, 0.3) is 0 Å². The molecule has 1 aliphatic rings. The van der Waals surface area contributed by atoms with E-state index in [-0.39, 0.29) is 0 Å². The van der Waals surface area contributed by atoms with E-state index in [9.17, 15) is 0 Å². The van der Waals surface area contributed by atoms with E-state index >= 15 is 0 Å². The minimum atomic E-state index is 0.823. The van der Waals surface area contributed by atoms with Crippen molar-refractivity contribution >= 4 is 0 Å². The maximum Gasteiger partial charge on any atom is 0.0587 e. The van der Waals surface area contributed by atoms with Crippen molar-refractivity contribution in [3.63, 3.8) is 0 Å². The van der Waals surface area contributed by atoms with Crippen molar-refractivity contribution in [2.45, 2.75) is 51.5 Å². The molecule has 0 amide bonds. The number of likely N-dealkylation sites (tertiary alicyclic amines) is 1. The molecule has 102 valence electrons. The van der Waals surface area contributed by atoms with Gasteiger partial charge in [-0.05, 0) is 51.7 Å². The van der Waals surface area contributed by atoms with Crippen molar-refractivity contribution in [1.29, 1.82) is 0 Å². The van der Waals surface area contributed by atoms with Crippen LogP contribution >= 0.6 is 0 Å². The predicted molar refractivity (Wildman–Crippen MR) is 73.5 cm³/mol. The number of nitrogens with one attached hydrogen (secondary N) is 1. The molecule has 1 atom stereocenters. The topological polar surface area (TPSA) is 24.5 Å². The van der Waals surface area contributed by atoms with Crippen LogP contribution in [0.1, 0.15) is 45.4 Å². The lowest BCUT2D eigenvalue weighted by atomic mass is 10.00. The number of hydrogen-bond acceptors (Lipinski definition) is 3. The number of unbranched alkanes of at least 4 members (excludes halogenated alkanes) is 1. The number of piperidine rings is 1. The lowest BCUT2D eigenvalue weighted by molar-refractivity contribution is 0.141. The zero-order valence-electron chi connectivity index (χ0n) is 11.7. The SMILES string of the molecule is CCC1CCCCN1CCCCNCCOC. The highest BCUT2D eigenvalue weighted by Crippen LogP contribution is 2.19. The molecule has 1 saturated heterocycles. The fourth-order valence-electron chi connectivity index (χ4n) is 2.68. The first-order valence-corrected chi connectivity index (χ1v) is 7.32. The molecule has 0 radical (unpaired) electrons. The Morgan fingerprint density at radius 3 is 2.88 bits per heavy atom. The quantitative estimate of drug-likeness (QED) is 0.628. The predicted octanol–water partition coefficient (Wildman–Crippen LogP) is 2.27. The van der Waals surface area contributed by atoms with Crippen LogP contribution in [0.4, 0.5) is 0 Å². The van der Waals surface area contributed by atoms with Gasteiger partial charge in [-0.15, -0.1) is 0 Å². The molecule has 0 aromatic rings. The Morgan fingerprint density at radius 1 is 1.24 bits per heavy atom. The summed E-state index contributed by atoms with van der Waals surface area (Å²) >= 11 is 0. The maximum absolute atomic E-state index is 5.00. The Bertz CT molecular complexity index is 176. The summed E-state index contributed by atoms with van der Waals surface area (Å²) in [6.07, 6.45) is 8.21. The molecule has 1 heterocycles. The molecule has 1 aliphatic heterocycles. The van der Waals surface area contributed by atoms with Crippen LogP contribution in [0.3, 0.4) is 0 Å². The van der Waals surface area contributed by atoms with Gasteiger partial charge in [-0.3, -0.25) is 0 Å². The Hall–Kier alpha value is -0.120. The number of ether oxygens (including phenoxy) is 1. The van der Waals surface area contributed by atoms with E-state index in [1.807, 2.05) is 0 Å². The van der Waals surface area contributed by atoms with Crippen molar-refractivity contribution in [1.82, 2.24) is 10.2 Å². The summed E-state index contributed by atoms with van der Waals surface area (Å²) in [5.41, 5.74) is 0. The van der Waals surface area contributed by atoms with Gasteiger partial charge in [0, 0.05) is 19.7 Å². The smallest absolute Gasteiger partial charge is 0.0587 e. The highest BCUT2D eigenvalue weighted by molar-refractivity contribution is 4.75. The molecule has 3 nitrogen and oxygen atoms in total. The van der Waals surface area contributed by atoms with Crippen molar-refractivity contribution in [3.8, 4) is 0 Å². The van der Waals surface area contributed by atoms with Crippen LogP contribution in [0.5, 0.6) is 0 Å². The molecule has 0 aromatic heterocycles. The highest BCUT2D eigenvalue weighted by Gasteiger charge is 2.19. The summed E-state index contributed by atoms with van der Waals surface area (Å²) in [5.74, 6) is 0. The molecule has 17 heavy (non-hydrogen) atoms. The first-order valence-electron chi connectivity index (χ1n) is 7.32. The summed E-state index contributed by atoms with van der Waals surface area (Å²) in [6.45, 7) is 7.89. The molecule has 1 fully saturated rings. The van der Waals surface area contributed by atoms with Crippen molar-refractivity contribution in [3.05, 3.63) is 0 Å². The average Bonchev–Trinajstić information content (AvgIpc) is 2.38. The van der Waals surface area contributed by atoms with Gasteiger partial charge in [0.05, 0.1) is 6.61 Å². The van der Waals surface area contributed by atoms with Crippen LogP contribution < -0.4 is 5.32 Å². The Kier molecular flexibility index (Phi) is 8.67. The van der Waals surface area contributed by atoms with Crippen LogP contribution in [-0.4, -0.2) is 50.8 Å². The lowest BCUT2D eigenvalue weighted by Gasteiger charge is -2.35. The first-order chi connectivity index (χ1) is 8.38. The van der Waals surface area contributed by atoms with Gasteiger partial charge in [0.2, 0.25) is 0 Å². The van der Waals surface area contributed by atoms with E-state index < -0.39 is 0 Å². The van der Waals surface area contributed by atoms with E-state index in [2.05, 4.69) is 17.1 Å². The van der Waals surface area contributed by atoms with E-state index in [1.54, 1.807) is 7.11 Å². The second-order valence-corrected chi connectivity index (χ2v) is 5.04. The van der Waals surface area contributed by atoms with Gasteiger partial charge < -0.3 is 15.0 Å². The van der Waals surface area contributed by atoms with E-state index in [0.717, 1.165) is 25.7 Å². The second kappa shape index (κ2) is 9.86. The summed E-state index contributed by atoms with van der Waals surface area (Å²) < 4.78 is 5.00. The third-order valence-electron chi connectivity index (χ3n) is 3.75. The van der Waals surface area contributed by atoms with Gasteiger partial charge in [0.25, 0.3) is 0 Å². The van der Waals surface area contributed by atoms with E-state index in [1.165, 1.54) is 51.6 Å². The van der Waals surface area contributed by atoms with Crippen LogP contribution in [0.15, 0.2) is 0 Å². The number of methoxy groups -OCH3 is 1. The van der Waals surface area contributed by atoms with Gasteiger partial charge in [-0.2, -0.15) is 0 Å². The first kappa shape index (κ1) is 14.9. The normalized spacial score (nSPS) is 21.9. The molecule has 1 rings (SSSR count). The molecule has 1 N–H and O–H groups in total. The van der Waals surface area contributed by atoms with Crippen LogP contribution in [-0.2, 0) is 4.74 Å². The lowest BCUT2D eigenvalue weighted by Crippen LogP contribution is -2.39. The molecule has 0 spiro atoms. The Balaban J connectivity index is 1.97. The third kappa shape index (κ3) is 6.39. The van der Waals surface area contributed by atoms with Crippen molar-refractivity contribution in [2.75, 3.05) is 39.9 Å². The van der Waals surface area contributed by atoms with Crippen molar-refractivity contribution < 1.29 is 4.74 Å². The van der Waals surface area contributed by atoms with Crippen LogP contribution in [0.2, 0.25) is 0 Å². The Labute approximate surface area is 107 Å². The molecule has 3 heteroatoms. The molecule has 0 bridgehead atoms. The average molecular weight is 242 g/mol. The zero-order valence-corrected chi connectivity index (χ0v) is 11.7. The largest absolute Gasteiger partial charge is 0.383 e. The number of hydrogen-bond donors (Lipinski definition) is 1. The zero-order chi connectivity index (χ0) is 12.3. The molecule has 0 aliphatic carbocycles. The highest BCUT2D eigenvalue weighted by atomic mass is 16.5. The van der Waals surface area contributed by atoms with Crippen molar-refractivity contribution in [2.24, 2.45) is 0 Å². The standard InChI is InChI=1S/C14H30N2O/c1-3-14-8-4-6-11-16(14)12-7-5-9-15-10-13-17-2/h14-15H,3-13H2,1-2H3. The fourth-order valence-corrected chi connectivity index (χ4v) is 2.68. The van der Waals surface area contributed by atoms with E-state index in [0.29, 0.717) is 0 Å². The van der Waals surface area contributed by atoms with Crippen LogP contribution in [0, 0.1) is 0 Å². The fraction of sp³-hybridized carbons (Fsp3) is 1.00. The second-order valence-electron chi connectivity index (χ2n) is 5.04. The monoisotopic (exact) mass is 242 g/mol. The van der Waals surface area contributed by atoms with Gasteiger partial charge in [0.15, 0.2) is 0 Å². The number of nitrogens with zero attached hydrogens (tertiary/aromatic N) is 1. The number of rotatable bonds is 9. The van der Waals surface area contributed by atoms with Gasteiger partial charge in [-0.25, -0.2) is 0 Å². The van der Waals surface area contributed by atoms with Gasteiger partial charge >= 0.3 is 0 Å². The Morgan fingerprint density at radius 2 is 2.12 bits per heavy atom. The summed E-state index contributed by atoms with van der Waals surface area (Å²) in [4.78, 5) is 2.71. The summed E-state index contributed by atoms with van der Waals surface area (Å²) in [5, 5.41) is 3.41. The minimum absolute atomic E-state index is 0.823. The summed E-state index contributed by atoms with van der Waals surface area (Å²) in [7, 11) is 1.75. The molecular formula is C14H30N2O. The van der Waals surface area contributed by atoms with Gasteiger partial charge in [-0.1, -0.05) is 13.3 Å². The third-order valence-corrected chi connectivity index (χ3v) is 3.75. The summed E-state index contributed by atoms with van der Waals surface area (Å²) in [6, 6.07) is 0.866. The maximum atomic E-state index is 5.00. The molecule has 0 aromatic carbocycles. The minimum Gasteiger partial charge on any atom is -0.383 e. The molecular weight excluding hydrogens is 212 g/mol. The van der Waals surface area contributed by atoms with Gasteiger partial charge in [0.1, 0.15) is 0 Å².